The van der Waals surface area contributed by atoms with Gasteiger partial charge in [-0.25, -0.2) is 14.4 Å². The van der Waals surface area contributed by atoms with Gasteiger partial charge in [-0.2, -0.15) is 0 Å². The third-order valence-corrected chi connectivity index (χ3v) is 3.73. The molecule has 0 radical (unpaired) electrons. The number of nitrogens with zero attached hydrogens (tertiary/aromatic N) is 3. The van der Waals surface area contributed by atoms with Crippen LogP contribution in [0.1, 0.15) is 20.3 Å². The highest BCUT2D eigenvalue weighted by molar-refractivity contribution is 6.07. The lowest BCUT2D eigenvalue weighted by Crippen LogP contribution is -2.47. The predicted molar refractivity (Wildman–Crippen MR) is 112 cm³/mol. The van der Waals surface area contributed by atoms with Gasteiger partial charge in [-0.3, -0.25) is 10.4 Å². The van der Waals surface area contributed by atoms with Crippen molar-refractivity contribution < 1.29 is 9.13 Å². The van der Waals surface area contributed by atoms with Gasteiger partial charge < -0.3 is 4.74 Å². The van der Waals surface area contributed by atoms with Gasteiger partial charge in [0.05, 0.1) is 19.0 Å². The fourth-order valence-electron chi connectivity index (χ4n) is 2.25. The summed E-state index contributed by atoms with van der Waals surface area (Å²) in [7, 11) is 0. The number of nitrogens with one attached hydrogen (secondary N) is 1. The zero-order valence-electron chi connectivity index (χ0n) is 16.1. The summed E-state index contributed by atoms with van der Waals surface area (Å²) in [5, 5.41) is 1.72. The van der Waals surface area contributed by atoms with Gasteiger partial charge >= 0.3 is 0 Å². The van der Waals surface area contributed by atoms with Gasteiger partial charge in [0.1, 0.15) is 23.1 Å². The molecule has 0 fully saturated rings. The Morgan fingerprint density at radius 2 is 2.29 bits per heavy atom. The zero-order valence-corrected chi connectivity index (χ0v) is 16.1. The molecule has 0 aromatic rings. The first-order chi connectivity index (χ1) is 13.6. The lowest BCUT2D eigenvalue weighted by Gasteiger charge is -2.30. The Balaban J connectivity index is 2.28. The highest BCUT2D eigenvalue weighted by Gasteiger charge is 2.22. The number of halogens is 1. The molecule has 2 rings (SSSR count). The van der Waals surface area contributed by atoms with Crippen LogP contribution in [-0.4, -0.2) is 23.2 Å². The molecule has 0 amide bonds. The minimum absolute atomic E-state index is 0.221. The molecule has 2 aliphatic rings. The quantitative estimate of drug-likeness (QED) is 0.376. The second-order valence-electron chi connectivity index (χ2n) is 5.53. The van der Waals surface area contributed by atoms with E-state index >= 15 is 0 Å². The van der Waals surface area contributed by atoms with Crippen molar-refractivity contribution in [2.45, 2.75) is 20.3 Å². The zero-order chi connectivity index (χ0) is 20.4. The standard InChI is InChI=1S/C22H23FN4O/c1-5-17(10-9-11-18(23)6-2)20-14-15-24-22-13-12-21(26-27(20)22)25-16-19(7-3)28-8-4/h5,7-9,11-13,15H,1,4,6,16H2,2-3H3,(H,25,26)/b18-11+,19-7-. The number of fused-ring (bicyclic) bond motifs is 1. The maximum atomic E-state index is 13.3. The van der Waals surface area contributed by atoms with Gasteiger partial charge in [0, 0.05) is 5.57 Å². The van der Waals surface area contributed by atoms with E-state index in [1.165, 1.54) is 18.4 Å². The van der Waals surface area contributed by atoms with Crippen molar-refractivity contribution in [1.82, 2.24) is 10.4 Å². The highest BCUT2D eigenvalue weighted by atomic mass is 19.1. The molecule has 2 aliphatic heterocycles. The molecule has 0 aliphatic carbocycles. The van der Waals surface area contributed by atoms with Crippen LogP contribution >= 0.6 is 0 Å². The molecule has 0 saturated carbocycles. The lowest BCUT2D eigenvalue weighted by atomic mass is 10.1. The summed E-state index contributed by atoms with van der Waals surface area (Å²) in [5.74, 6) is 1.75. The van der Waals surface area contributed by atoms with Crippen LogP contribution in [-0.2, 0) is 4.74 Å². The van der Waals surface area contributed by atoms with Crippen LogP contribution < -0.4 is 5.43 Å². The molecule has 1 N–H and O–H groups in total. The van der Waals surface area contributed by atoms with Crippen molar-refractivity contribution in [1.29, 1.82) is 0 Å². The van der Waals surface area contributed by atoms with Gasteiger partial charge in [-0.05, 0) is 43.7 Å². The minimum Gasteiger partial charge on any atom is -0.468 e. The molecule has 0 spiro atoms. The summed E-state index contributed by atoms with van der Waals surface area (Å²) in [5.41, 5.74) is 10.5. The van der Waals surface area contributed by atoms with Crippen LogP contribution in [0.5, 0.6) is 0 Å². The summed E-state index contributed by atoms with van der Waals surface area (Å²) in [6.45, 7) is 11.3. The van der Waals surface area contributed by atoms with Gasteiger partial charge in [-0.1, -0.05) is 31.9 Å². The molecule has 0 unspecified atom stereocenters. The molecule has 28 heavy (non-hydrogen) atoms. The largest absolute Gasteiger partial charge is 0.468 e. The van der Waals surface area contributed by atoms with Crippen LogP contribution in [0.3, 0.4) is 0 Å². The average molecular weight is 378 g/mol. The van der Waals surface area contributed by atoms with Gasteiger partial charge in [0.25, 0.3) is 0 Å². The molecule has 144 valence electrons. The number of hydrazine groups is 1. The van der Waals surface area contributed by atoms with E-state index in [1.807, 2.05) is 25.2 Å². The number of rotatable bonds is 8. The van der Waals surface area contributed by atoms with Crippen LogP contribution in [0.15, 0.2) is 106 Å². The lowest BCUT2D eigenvalue weighted by molar-refractivity contribution is 0.346. The normalized spacial score (nSPS) is 17.1. The smallest absolute Gasteiger partial charge is 0.153 e. The summed E-state index contributed by atoms with van der Waals surface area (Å²) >= 11 is 0. The van der Waals surface area contributed by atoms with E-state index in [9.17, 15) is 4.39 Å². The Morgan fingerprint density at radius 1 is 1.46 bits per heavy atom. The predicted octanol–water partition coefficient (Wildman–Crippen LogP) is 4.76. The molecular weight excluding hydrogens is 355 g/mol. The Hall–Kier alpha value is -3.59. The second kappa shape index (κ2) is 10.5. The minimum atomic E-state index is -0.221. The number of aliphatic imine (C=N–C) groups is 2. The Morgan fingerprint density at radius 3 is 2.96 bits per heavy atom. The van der Waals surface area contributed by atoms with Gasteiger partial charge in [0.2, 0.25) is 0 Å². The van der Waals surface area contributed by atoms with Crippen LogP contribution in [0, 0.1) is 0 Å². The number of ether oxygens (including phenoxy) is 1. The molecular formula is C22H23FN4O. The molecule has 0 aromatic carbocycles. The van der Waals surface area contributed by atoms with E-state index in [4.69, 9.17) is 4.74 Å². The van der Waals surface area contributed by atoms with Gasteiger partial charge in [-0.15, -0.1) is 5.73 Å². The molecule has 0 saturated heterocycles. The SMILES string of the molecule is C=CO/C(=C\C)CN=C1C=CC2=NC=C=C(C(=C=C/C=C(/F)CC)C=C)N2N1. The van der Waals surface area contributed by atoms with Crippen molar-refractivity contribution in [2.24, 2.45) is 9.98 Å². The van der Waals surface area contributed by atoms with Crippen molar-refractivity contribution in [2.75, 3.05) is 6.54 Å². The summed E-state index contributed by atoms with van der Waals surface area (Å²) < 4.78 is 18.6. The summed E-state index contributed by atoms with van der Waals surface area (Å²) in [6.07, 6.45) is 13.3. The van der Waals surface area contributed by atoms with Crippen LogP contribution in [0.25, 0.3) is 0 Å². The maximum Gasteiger partial charge on any atom is 0.153 e. The Bertz CT molecular complexity index is 918. The molecule has 6 heteroatoms. The molecule has 2 heterocycles. The van der Waals surface area contributed by atoms with Crippen molar-refractivity contribution in [3.8, 4) is 0 Å². The topological polar surface area (TPSA) is 49.2 Å². The highest BCUT2D eigenvalue weighted by Crippen LogP contribution is 2.19. The van der Waals surface area contributed by atoms with E-state index in [0.717, 1.165) is 0 Å². The number of hydrogen-bond donors (Lipinski definition) is 1. The van der Waals surface area contributed by atoms with E-state index in [2.05, 4.69) is 40.0 Å². The van der Waals surface area contributed by atoms with Crippen LogP contribution in [0.2, 0.25) is 0 Å². The second-order valence-corrected chi connectivity index (χ2v) is 5.53. The molecule has 0 atom stereocenters. The van der Waals surface area contributed by atoms with E-state index in [0.29, 0.717) is 41.7 Å². The third-order valence-electron chi connectivity index (χ3n) is 3.73. The van der Waals surface area contributed by atoms with Crippen molar-refractivity contribution in [3.63, 3.8) is 0 Å². The first kappa shape index (κ1) is 20.7. The first-order valence-corrected chi connectivity index (χ1v) is 8.82. The Labute approximate surface area is 165 Å². The van der Waals surface area contributed by atoms with Crippen molar-refractivity contribution >= 4 is 11.7 Å². The third kappa shape index (κ3) is 5.45. The van der Waals surface area contributed by atoms with Crippen LogP contribution in [0.4, 0.5) is 4.39 Å². The Kier molecular flexibility index (Phi) is 7.79. The fraction of sp³-hybridized carbons (Fsp3) is 0.182. The van der Waals surface area contributed by atoms with E-state index in [1.54, 1.807) is 24.2 Å². The van der Waals surface area contributed by atoms with E-state index < -0.39 is 0 Å². The monoisotopic (exact) mass is 378 g/mol. The van der Waals surface area contributed by atoms with Crippen molar-refractivity contribution in [3.05, 3.63) is 96.4 Å². The summed E-state index contributed by atoms with van der Waals surface area (Å²) in [4.78, 5) is 8.78. The average Bonchev–Trinajstić information content (AvgIpc) is 2.73. The number of amidine groups is 2. The first-order valence-electron chi connectivity index (χ1n) is 8.82. The van der Waals surface area contributed by atoms with Gasteiger partial charge in [0.15, 0.2) is 5.84 Å². The van der Waals surface area contributed by atoms with E-state index in [-0.39, 0.29) is 5.83 Å². The number of hydrogen-bond acceptors (Lipinski definition) is 4. The summed E-state index contributed by atoms with van der Waals surface area (Å²) in [6, 6.07) is 0. The fourth-order valence-corrected chi connectivity index (χ4v) is 2.25. The molecule has 0 bridgehead atoms. The molecule has 5 nitrogen and oxygen atoms in total. The molecule has 0 aromatic heterocycles. The maximum absolute atomic E-state index is 13.3. The number of allylic oxidation sites excluding steroid dienone is 4.